The summed E-state index contributed by atoms with van der Waals surface area (Å²) in [6.07, 6.45) is 1.62. The number of rotatable bonds is 3. The quantitative estimate of drug-likeness (QED) is 0.824. The van der Waals surface area contributed by atoms with Gasteiger partial charge in [-0.3, -0.25) is 4.79 Å². The van der Waals surface area contributed by atoms with E-state index in [2.05, 4.69) is 10.3 Å². The van der Waals surface area contributed by atoms with Crippen LogP contribution in [0.4, 0.5) is 17.2 Å². The van der Waals surface area contributed by atoms with Gasteiger partial charge >= 0.3 is 0 Å². The molecule has 1 heterocycles. The van der Waals surface area contributed by atoms with E-state index in [4.69, 9.17) is 5.73 Å². The Hall–Kier alpha value is -2.56. The summed E-state index contributed by atoms with van der Waals surface area (Å²) in [6, 6.07) is 10.6. The lowest BCUT2D eigenvalue weighted by molar-refractivity contribution is 0.102. The zero-order valence-electron chi connectivity index (χ0n) is 10.9. The first-order valence-electron chi connectivity index (χ1n) is 5.87. The second-order valence-corrected chi connectivity index (χ2v) is 4.34. The summed E-state index contributed by atoms with van der Waals surface area (Å²) in [5, 5.41) is 2.77. The number of nitrogens with one attached hydrogen (secondary N) is 1. The monoisotopic (exact) mass is 256 g/mol. The molecule has 1 aromatic carbocycles. The molecule has 0 aliphatic rings. The van der Waals surface area contributed by atoms with Crippen LogP contribution in [0.15, 0.2) is 42.6 Å². The number of nitrogens with two attached hydrogens (primary N) is 1. The Morgan fingerprint density at radius 1 is 1.21 bits per heavy atom. The summed E-state index contributed by atoms with van der Waals surface area (Å²) in [4.78, 5) is 18.1. The number of carbonyl (C=O) groups excluding carboxylic acids is 1. The first kappa shape index (κ1) is 12.9. The molecule has 2 rings (SSSR count). The predicted octanol–water partition coefficient (Wildman–Crippen LogP) is 1.98. The van der Waals surface area contributed by atoms with Crippen LogP contribution in [0.5, 0.6) is 0 Å². The molecule has 98 valence electrons. The molecular weight excluding hydrogens is 240 g/mol. The summed E-state index contributed by atoms with van der Waals surface area (Å²) in [5.74, 6) is 0.592. The molecule has 0 saturated carbocycles. The number of carbonyl (C=O) groups is 1. The molecule has 0 spiro atoms. The Balaban J connectivity index is 2.13. The molecule has 0 aliphatic carbocycles. The number of anilines is 3. The molecule has 19 heavy (non-hydrogen) atoms. The maximum Gasteiger partial charge on any atom is 0.257 e. The molecule has 0 radical (unpaired) electrons. The summed E-state index contributed by atoms with van der Waals surface area (Å²) in [6.45, 7) is 0. The Morgan fingerprint density at radius 3 is 2.53 bits per heavy atom. The SMILES string of the molecule is CN(C)c1ccc(NC(=O)c2ccccc2N)cn1. The van der Waals surface area contributed by atoms with Crippen molar-refractivity contribution in [2.24, 2.45) is 0 Å². The van der Waals surface area contributed by atoms with Crippen molar-refractivity contribution in [3.05, 3.63) is 48.2 Å². The first-order valence-corrected chi connectivity index (χ1v) is 5.87. The van der Waals surface area contributed by atoms with Gasteiger partial charge < -0.3 is 16.0 Å². The van der Waals surface area contributed by atoms with Crippen LogP contribution in [0.2, 0.25) is 0 Å². The van der Waals surface area contributed by atoms with Crippen molar-refractivity contribution in [2.75, 3.05) is 30.0 Å². The van der Waals surface area contributed by atoms with Crippen molar-refractivity contribution in [2.45, 2.75) is 0 Å². The lowest BCUT2D eigenvalue weighted by Gasteiger charge is -2.12. The molecular formula is C14H16N4O. The third-order valence-electron chi connectivity index (χ3n) is 2.67. The summed E-state index contributed by atoms with van der Waals surface area (Å²) in [7, 11) is 3.82. The van der Waals surface area contributed by atoms with Crippen molar-refractivity contribution < 1.29 is 4.79 Å². The summed E-state index contributed by atoms with van der Waals surface area (Å²) >= 11 is 0. The molecule has 2 aromatic rings. The van der Waals surface area contributed by atoms with Gasteiger partial charge in [-0.25, -0.2) is 4.98 Å². The normalized spacial score (nSPS) is 10.0. The van der Waals surface area contributed by atoms with Crippen LogP contribution in [0.25, 0.3) is 0 Å². The third kappa shape index (κ3) is 3.01. The van der Waals surface area contributed by atoms with Gasteiger partial charge in [-0.2, -0.15) is 0 Å². The third-order valence-corrected chi connectivity index (χ3v) is 2.67. The Bertz CT molecular complexity index is 578. The molecule has 0 bridgehead atoms. The van der Waals surface area contributed by atoms with Gasteiger partial charge in [-0.05, 0) is 24.3 Å². The number of hydrogen-bond donors (Lipinski definition) is 2. The van der Waals surface area contributed by atoms with E-state index in [-0.39, 0.29) is 5.91 Å². The van der Waals surface area contributed by atoms with E-state index >= 15 is 0 Å². The molecule has 0 unspecified atom stereocenters. The van der Waals surface area contributed by atoms with Gasteiger partial charge in [0.05, 0.1) is 17.4 Å². The first-order chi connectivity index (χ1) is 9.08. The summed E-state index contributed by atoms with van der Waals surface area (Å²) < 4.78 is 0. The Morgan fingerprint density at radius 2 is 1.95 bits per heavy atom. The molecule has 0 saturated heterocycles. The fourth-order valence-electron chi connectivity index (χ4n) is 1.63. The maximum absolute atomic E-state index is 12.0. The molecule has 5 heteroatoms. The van der Waals surface area contributed by atoms with Gasteiger partial charge in [-0.1, -0.05) is 12.1 Å². The van der Waals surface area contributed by atoms with Crippen LogP contribution in [0.3, 0.4) is 0 Å². The van der Waals surface area contributed by atoms with Gasteiger partial charge in [-0.15, -0.1) is 0 Å². The highest BCUT2D eigenvalue weighted by molar-refractivity contribution is 6.07. The minimum Gasteiger partial charge on any atom is -0.398 e. The minimum absolute atomic E-state index is 0.238. The predicted molar refractivity (Wildman–Crippen MR) is 77.4 cm³/mol. The number of aromatic nitrogens is 1. The average Bonchev–Trinajstić information content (AvgIpc) is 2.39. The number of benzene rings is 1. The number of pyridine rings is 1. The molecule has 5 nitrogen and oxygen atoms in total. The van der Waals surface area contributed by atoms with E-state index in [0.717, 1.165) is 5.82 Å². The largest absolute Gasteiger partial charge is 0.398 e. The zero-order chi connectivity index (χ0) is 13.8. The second-order valence-electron chi connectivity index (χ2n) is 4.34. The molecule has 1 amide bonds. The van der Waals surface area contributed by atoms with Crippen molar-refractivity contribution in [3.63, 3.8) is 0 Å². The van der Waals surface area contributed by atoms with Gasteiger partial charge in [0.15, 0.2) is 0 Å². The number of amides is 1. The van der Waals surface area contributed by atoms with Crippen molar-refractivity contribution in [1.29, 1.82) is 0 Å². The van der Waals surface area contributed by atoms with Gasteiger partial charge in [0.1, 0.15) is 5.82 Å². The van der Waals surface area contributed by atoms with Gasteiger partial charge in [0.2, 0.25) is 0 Å². The Kier molecular flexibility index (Phi) is 3.66. The summed E-state index contributed by atoms with van der Waals surface area (Å²) in [5.41, 5.74) is 7.31. The average molecular weight is 256 g/mol. The molecule has 0 aliphatic heterocycles. The van der Waals surface area contributed by atoms with Crippen LogP contribution in [-0.2, 0) is 0 Å². The van der Waals surface area contributed by atoms with Crippen LogP contribution in [-0.4, -0.2) is 25.0 Å². The maximum atomic E-state index is 12.0. The van der Waals surface area contributed by atoms with Crippen LogP contribution in [0.1, 0.15) is 10.4 Å². The van der Waals surface area contributed by atoms with Gasteiger partial charge in [0.25, 0.3) is 5.91 Å². The molecule has 0 atom stereocenters. The molecule has 0 fully saturated rings. The highest BCUT2D eigenvalue weighted by atomic mass is 16.1. The van der Waals surface area contributed by atoms with E-state index < -0.39 is 0 Å². The van der Waals surface area contributed by atoms with E-state index in [1.807, 2.05) is 25.1 Å². The van der Waals surface area contributed by atoms with E-state index in [1.54, 1.807) is 36.5 Å². The Labute approximate surface area is 112 Å². The zero-order valence-corrected chi connectivity index (χ0v) is 10.9. The van der Waals surface area contributed by atoms with E-state index in [9.17, 15) is 4.79 Å². The number of nitrogens with zero attached hydrogens (tertiary/aromatic N) is 2. The number of para-hydroxylation sites is 1. The fraction of sp³-hybridized carbons (Fsp3) is 0.143. The van der Waals surface area contributed by atoms with Crippen molar-refractivity contribution in [1.82, 2.24) is 4.98 Å². The van der Waals surface area contributed by atoms with Crippen LogP contribution in [0, 0.1) is 0 Å². The van der Waals surface area contributed by atoms with Gasteiger partial charge in [0, 0.05) is 19.8 Å². The molecule has 3 N–H and O–H groups in total. The lowest BCUT2D eigenvalue weighted by atomic mass is 10.1. The second kappa shape index (κ2) is 5.39. The minimum atomic E-state index is -0.238. The van der Waals surface area contributed by atoms with E-state index in [1.165, 1.54) is 0 Å². The van der Waals surface area contributed by atoms with Crippen molar-refractivity contribution in [3.8, 4) is 0 Å². The van der Waals surface area contributed by atoms with Crippen molar-refractivity contribution >= 4 is 23.1 Å². The van der Waals surface area contributed by atoms with E-state index in [0.29, 0.717) is 16.9 Å². The topological polar surface area (TPSA) is 71.2 Å². The fourth-order valence-corrected chi connectivity index (χ4v) is 1.63. The standard InChI is InChI=1S/C14H16N4O/c1-18(2)13-8-7-10(9-16-13)17-14(19)11-5-3-4-6-12(11)15/h3-9H,15H2,1-2H3,(H,17,19). The van der Waals surface area contributed by atoms with Crippen LogP contribution >= 0.6 is 0 Å². The molecule has 1 aromatic heterocycles. The lowest BCUT2D eigenvalue weighted by Crippen LogP contribution is -2.15. The number of nitrogen functional groups attached to an aromatic ring is 1. The van der Waals surface area contributed by atoms with Crippen LogP contribution < -0.4 is 16.0 Å². The highest BCUT2D eigenvalue weighted by Gasteiger charge is 2.09. The smallest absolute Gasteiger partial charge is 0.257 e. The number of hydrogen-bond acceptors (Lipinski definition) is 4. The highest BCUT2D eigenvalue weighted by Crippen LogP contribution is 2.15.